The zero-order valence-corrected chi connectivity index (χ0v) is 11.9. The van der Waals surface area contributed by atoms with Gasteiger partial charge in [0.2, 0.25) is 0 Å². The maximum Gasteiger partial charge on any atom is 0.0802 e. The normalized spacial score (nSPS) is 34.2. The van der Waals surface area contributed by atoms with E-state index in [4.69, 9.17) is 0 Å². The molecule has 0 heterocycles. The summed E-state index contributed by atoms with van der Waals surface area (Å²) in [5.74, 6) is 0.615. The van der Waals surface area contributed by atoms with Gasteiger partial charge in [0.15, 0.2) is 0 Å². The van der Waals surface area contributed by atoms with Gasteiger partial charge in [-0.1, -0.05) is 38.0 Å². The number of hydrogen-bond donors (Lipinski definition) is 1. The third-order valence-corrected chi connectivity index (χ3v) is 6.64. The maximum absolute atomic E-state index is 10.8. The van der Waals surface area contributed by atoms with Gasteiger partial charge in [0.1, 0.15) is 0 Å². The van der Waals surface area contributed by atoms with Crippen molar-refractivity contribution in [1.29, 1.82) is 0 Å². The minimum Gasteiger partial charge on any atom is -0.388 e. The van der Waals surface area contributed by atoms with E-state index in [1.165, 1.54) is 30.6 Å². The van der Waals surface area contributed by atoms with Gasteiger partial charge in [-0.05, 0) is 43.7 Å². The highest BCUT2D eigenvalue weighted by atomic mass is 32.2. The molecular formula is C16H22OS. The molecule has 0 aliphatic heterocycles. The van der Waals surface area contributed by atoms with Crippen LogP contribution in [0.1, 0.15) is 45.4 Å². The van der Waals surface area contributed by atoms with E-state index in [2.05, 4.69) is 37.3 Å². The van der Waals surface area contributed by atoms with Crippen LogP contribution in [-0.2, 0) is 0 Å². The van der Waals surface area contributed by atoms with Crippen molar-refractivity contribution >= 4 is 11.8 Å². The number of benzene rings is 1. The van der Waals surface area contributed by atoms with Crippen LogP contribution < -0.4 is 0 Å². The summed E-state index contributed by atoms with van der Waals surface area (Å²) in [6.45, 7) is 2.34. The molecule has 0 aromatic heterocycles. The first-order valence-corrected chi connectivity index (χ1v) is 7.94. The fourth-order valence-corrected chi connectivity index (χ4v) is 5.17. The van der Waals surface area contributed by atoms with E-state index < -0.39 is 5.60 Å². The van der Waals surface area contributed by atoms with Gasteiger partial charge in [-0.2, -0.15) is 0 Å². The van der Waals surface area contributed by atoms with Crippen molar-refractivity contribution in [3.63, 3.8) is 0 Å². The highest BCUT2D eigenvalue weighted by Crippen LogP contribution is 2.61. The van der Waals surface area contributed by atoms with Gasteiger partial charge >= 0.3 is 0 Å². The maximum atomic E-state index is 10.8. The lowest BCUT2D eigenvalue weighted by Crippen LogP contribution is -2.48. The molecule has 0 amide bonds. The first-order chi connectivity index (χ1) is 8.66. The zero-order valence-electron chi connectivity index (χ0n) is 11.1. The predicted molar refractivity (Wildman–Crippen MR) is 76.8 cm³/mol. The van der Waals surface area contributed by atoms with Crippen LogP contribution in [0.25, 0.3) is 0 Å². The lowest BCUT2D eigenvalue weighted by Gasteiger charge is -2.46. The van der Waals surface area contributed by atoms with Crippen LogP contribution in [0.3, 0.4) is 0 Å². The molecule has 0 saturated heterocycles. The summed E-state index contributed by atoms with van der Waals surface area (Å²) in [6.07, 6.45) is 7.03. The Kier molecular flexibility index (Phi) is 3.19. The summed E-state index contributed by atoms with van der Waals surface area (Å²) in [6, 6.07) is 10.6. The molecule has 1 nitrogen and oxygen atoms in total. The molecule has 0 spiro atoms. The largest absolute Gasteiger partial charge is 0.388 e. The molecule has 2 aliphatic carbocycles. The first-order valence-electron chi connectivity index (χ1n) is 7.13. The number of aliphatic hydroxyl groups is 1. The number of rotatable bonds is 3. The van der Waals surface area contributed by atoms with Crippen molar-refractivity contribution < 1.29 is 5.11 Å². The van der Waals surface area contributed by atoms with E-state index in [-0.39, 0.29) is 4.75 Å². The third kappa shape index (κ3) is 2.00. The van der Waals surface area contributed by atoms with Crippen LogP contribution in [0.5, 0.6) is 0 Å². The monoisotopic (exact) mass is 262 g/mol. The van der Waals surface area contributed by atoms with Crippen molar-refractivity contribution in [1.82, 2.24) is 0 Å². The Hall–Kier alpha value is -0.470. The first kappa shape index (κ1) is 12.6. The SMILES string of the molecule is CC1CCCCC1(Sc1ccccc1)C1(O)CC1. The second-order valence-corrected chi connectivity index (χ2v) is 7.39. The van der Waals surface area contributed by atoms with Crippen molar-refractivity contribution in [3.05, 3.63) is 30.3 Å². The molecule has 2 saturated carbocycles. The van der Waals surface area contributed by atoms with E-state index >= 15 is 0 Å². The van der Waals surface area contributed by atoms with Crippen molar-refractivity contribution in [2.75, 3.05) is 0 Å². The van der Waals surface area contributed by atoms with Crippen molar-refractivity contribution in [3.8, 4) is 0 Å². The molecule has 0 radical (unpaired) electrons. The molecule has 1 aromatic carbocycles. The Morgan fingerprint density at radius 3 is 2.44 bits per heavy atom. The van der Waals surface area contributed by atoms with Crippen LogP contribution in [0, 0.1) is 5.92 Å². The molecule has 1 N–H and O–H groups in total. The standard InChI is InChI=1S/C16H22OS/c1-13-7-5-6-10-16(13,15(17)11-12-15)18-14-8-3-2-4-9-14/h2-4,8-9,13,17H,5-7,10-12H2,1H3. The van der Waals surface area contributed by atoms with E-state index in [1.54, 1.807) is 0 Å². The van der Waals surface area contributed by atoms with E-state index in [1.807, 2.05) is 11.8 Å². The molecule has 1 aromatic rings. The molecule has 2 fully saturated rings. The van der Waals surface area contributed by atoms with Gasteiger partial charge in [0.25, 0.3) is 0 Å². The molecular weight excluding hydrogens is 240 g/mol. The highest BCUT2D eigenvalue weighted by molar-refractivity contribution is 8.00. The lowest BCUT2D eigenvalue weighted by molar-refractivity contribution is 0.0560. The molecule has 98 valence electrons. The third-order valence-electron chi connectivity index (χ3n) is 4.79. The summed E-state index contributed by atoms with van der Waals surface area (Å²) in [7, 11) is 0. The van der Waals surface area contributed by atoms with Crippen molar-refractivity contribution in [2.24, 2.45) is 5.92 Å². The molecule has 2 unspecified atom stereocenters. The van der Waals surface area contributed by atoms with E-state index in [9.17, 15) is 5.11 Å². The quantitative estimate of drug-likeness (QED) is 0.878. The van der Waals surface area contributed by atoms with Gasteiger partial charge < -0.3 is 5.11 Å². The average Bonchev–Trinajstić information content (AvgIpc) is 3.13. The molecule has 2 aliphatic rings. The Bertz CT molecular complexity index is 412. The second-order valence-electron chi connectivity index (χ2n) is 5.98. The summed E-state index contributed by atoms with van der Waals surface area (Å²) >= 11 is 1.94. The summed E-state index contributed by atoms with van der Waals surface area (Å²) in [5, 5.41) is 10.8. The molecule has 18 heavy (non-hydrogen) atoms. The van der Waals surface area contributed by atoms with Crippen molar-refractivity contribution in [2.45, 2.75) is 60.7 Å². The summed E-state index contributed by atoms with van der Waals surface area (Å²) in [4.78, 5) is 1.31. The van der Waals surface area contributed by atoms with Gasteiger partial charge in [0, 0.05) is 4.90 Å². The number of thioether (sulfide) groups is 1. The average molecular weight is 262 g/mol. The molecule has 0 bridgehead atoms. The van der Waals surface area contributed by atoms with Crippen LogP contribution in [0.15, 0.2) is 35.2 Å². The Morgan fingerprint density at radius 1 is 1.11 bits per heavy atom. The Labute approximate surface area is 114 Å². The van der Waals surface area contributed by atoms with E-state index in [0.717, 1.165) is 12.8 Å². The molecule has 2 atom stereocenters. The van der Waals surface area contributed by atoms with Gasteiger partial charge in [-0.15, -0.1) is 11.8 Å². The zero-order chi connectivity index (χ0) is 12.6. The predicted octanol–water partition coefficient (Wildman–Crippen LogP) is 4.25. The van der Waals surface area contributed by atoms with Crippen LogP contribution in [0.2, 0.25) is 0 Å². The minimum atomic E-state index is -0.395. The lowest BCUT2D eigenvalue weighted by atomic mass is 9.75. The molecule has 2 heteroatoms. The van der Waals surface area contributed by atoms with Gasteiger partial charge in [-0.3, -0.25) is 0 Å². The van der Waals surface area contributed by atoms with Crippen LogP contribution >= 0.6 is 11.8 Å². The summed E-state index contributed by atoms with van der Waals surface area (Å²) in [5.41, 5.74) is -0.395. The Balaban J connectivity index is 1.90. The fraction of sp³-hybridized carbons (Fsp3) is 0.625. The summed E-state index contributed by atoms with van der Waals surface area (Å²) < 4.78 is 0.0621. The number of hydrogen-bond acceptors (Lipinski definition) is 2. The smallest absolute Gasteiger partial charge is 0.0802 e. The minimum absolute atomic E-state index is 0.0621. The molecule has 3 rings (SSSR count). The van der Waals surface area contributed by atoms with Crippen LogP contribution in [-0.4, -0.2) is 15.5 Å². The fourth-order valence-electron chi connectivity index (χ4n) is 3.50. The highest BCUT2D eigenvalue weighted by Gasteiger charge is 2.61. The van der Waals surface area contributed by atoms with Crippen LogP contribution in [0.4, 0.5) is 0 Å². The van der Waals surface area contributed by atoms with Gasteiger partial charge in [-0.25, -0.2) is 0 Å². The topological polar surface area (TPSA) is 20.2 Å². The Morgan fingerprint density at radius 2 is 1.83 bits per heavy atom. The second kappa shape index (κ2) is 4.57. The van der Waals surface area contributed by atoms with Gasteiger partial charge in [0.05, 0.1) is 10.3 Å². The van der Waals surface area contributed by atoms with E-state index in [0.29, 0.717) is 5.92 Å².